The molecule has 0 spiro atoms. The second kappa shape index (κ2) is 14.7. The van der Waals surface area contributed by atoms with E-state index < -0.39 is 148 Å². The van der Waals surface area contributed by atoms with Crippen molar-refractivity contribution in [2.24, 2.45) is 0 Å². The number of fused-ring (bicyclic) bond motifs is 9. The number of benzene rings is 3. The van der Waals surface area contributed by atoms with Gasteiger partial charge < -0.3 is 24.8 Å². The molecule has 3 aromatic carbocycles. The molecule has 62 heavy (non-hydrogen) atoms. The van der Waals surface area contributed by atoms with Crippen molar-refractivity contribution >= 4 is 50.9 Å². The first kappa shape index (κ1) is 40.6. The van der Waals surface area contributed by atoms with E-state index in [9.17, 15) is 26.3 Å². The molecule has 1 fully saturated rings. The fraction of sp³-hybridized carbons (Fsp3) is 0.119. The molecule has 4 aromatic heterocycles. The number of piperazine rings is 1. The van der Waals surface area contributed by atoms with Crippen LogP contribution in [0.2, 0.25) is 0 Å². The normalized spacial score (nSPS) is 14.0. The number of hydrogen-bond acceptors (Lipinski definition) is 3. The highest BCUT2D eigenvalue weighted by molar-refractivity contribution is 6.00. The summed E-state index contributed by atoms with van der Waals surface area (Å²) < 4.78 is 216. The van der Waals surface area contributed by atoms with Gasteiger partial charge in [-0.3, -0.25) is 0 Å². The number of halogens is 14. The fourth-order valence-corrected chi connectivity index (χ4v) is 7.74. The molecule has 9 rings (SSSR count). The zero-order valence-corrected chi connectivity index (χ0v) is 31.1. The summed E-state index contributed by atoms with van der Waals surface area (Å²) in [4.78, 5) is 15.1. The summed E-state index contributed by atoms with van der Waals surface area (Å²) in [5.41, 5.74) is -11.2. The summed E-state index contributed by atoms with van der Waals surface area (Å²) in [6, 6.07) is 6.57. The molecule has 6 heterocycles. The van der Waals surface area contributed by atoms with Gasteiger partial charge in [-0.15, -0.1) is 0 Å². The average molecular weight is 877 g/mol. The van der Waals surface area contributed by atoms with Crippen molar-refractivity contribution in [2.75, 3.05) is 38.1 Å². The van der Waals surface area contributed by atoms with E-state index in [0.29, 0.717) is 0 Å². The number of aromatic amines is 3. The van der Waals surface area contributed by atoms with Crippen LogP contribution >= 0.6 is 0 Å². The molecule has 1 saturated heterocycles. The van der Waals surface area contributed by atoms with E-state index in [1.165, 1.54) is 12.1 Å². The monoisotopic (exact) mass is 876 g/mol. The minimum atomic E-state index is -2.50. The van der Waals surface area contributed by atoms with Gasteiger partial charge in [0.15, 0.2) is 69.8 Å². The third-order valence-electron chi connectivity index (χ3n) is 10.8. The molecule has 0 amide bonds. The lowest BCUT2D eigenvalue weighted by Gasteiger charge is -2.34. The zero-order valence-electron chi connectivity index (χ0n) is 31.1. The van der Waals surface area contributed by atoms with E-state index in [1.54, 1.807) is 11.9 Å². The number of hydrogen-bond donors (Lipinski definition) is 3. The third-order valence-corrected chi connectivity index (χ3v) is 10.8. The van der Waals surface area contributed by atoms with Gasteiger partial charge >= 0.3 is 0 Å². The summed E-state index contributed by atoms with van der Waals surface area (Å²) in [5.74, 6) is -31.4. The number of nitrogens with one attached hydrogen (secondary N) is 3. The standard InChI is InChI=1S/C42H22F14N6/c1-61-10-12-62(13-11-61)42-40(55)32(47)27(33(48)41(42)56)24-20-8-6-18(59-20)22(25-28(43)34(49)38(53)35(50)29(25)44)16-4-2-14(57-16)15-3-5-17(58-15)23(19-7-9-21(24)60-19)26-30(45)36(51)39(54)37(52)31(26)46/h2-9,57-59H,10-13H2,1H3. The van der Waals surface area contributed by atoms with E-state index >= 15 is 35.1 Å². The number of likely N-dealkylation sites (N-methyl/N-ethyl adjacent to an activating group) is 1. The van der Waals surface area contributed by atoms with E-state index in [1.807, 2.05) is 0 Å². The van der Waals surface area contributed by atoms with Crippen LogP contribution in [-0.2, 0) is 0 Å². The Hall–Kier alpha value is -6.83. The molecule has 8 bridgehead atoms. The summed E-state index contributed by atoms with van der Waals surface area (Å²) in [6.07, 6.45) is 1.85. The van der Waals surface area contributed by atoms with Gasteiger partial charge in [-0.25, -0.2) is 66.4 Å². The summed E-state index contributed by atoms with van der Waals surface area (Å²) >= 11 is 0. The number of rotatable bonds is 4. The van der Waals surface area contributed by atoms with Crippen molar-refractivity contribution in [3.63, 3.8) is 0 Å². The average Bonchev–Trinajstić information content (AvgIpc) is 4.11. The Morgan fingerprint density at radius 2 is 0.645 bits per heavy atom. The number of anilines is 1. The van der Waals surface area contributed by atoms with Crippen LogP contribution in [0.4, 0.5) is 67.2 Å². The van der Waals surface area contributed by atoms with Gasteiger partial charge in [-0.05, 0) is 55.6 Å². The minimum Gasteiger partial charge on any atom is -0.364 e. The van der Waals surface area contributed by atoms with Crippen LogP contribution in [0.15, 0.2) is 36.4 Å². The molecule has 0 saturated carbocycles. The van der Waals surface area contributed by atoms with Crippen molar-refractivity contribution in [2.45, 2.75) is 0 Å². The zero-order chi connectivity index (χ0) is 44.2. The van der Waals surface area contributed by atoms with E-state index in [-0.39, 0.29) is 42.7 Å². The van der Waals surface area contributed by atoms with Gasteiger partial charge in [0.05, 0.1) is 39.1 Å². The van der Waals surface area contributed by atoms with Crippen molar-refractivity contribution in [3.8, 4) is 33.4 Å². The Labute approximate surface area is 337 Å². The molecule has 0 unspecified atom stereocenters. The molecule has 0 aliphatic carbocycles. The molecule has 6 nitrogen and oxygen atoms in total. The van der Waals surface area contributed by atoms with Crippen LogP contribution in [0.1, 0.15) is 11.4 Å². The van der Waals surface area contributed by atoms with Crippen LogP contribution in [0.25, 0.3) is 78.6 Å². The van der Waals surface area contributed by atoms with Crippen LogP contribution in [0, 0.1) is 81.4 Å². The van der Waals surface area contributed by atoms with E-state index in [0.717, 1.165) is 41.3 Å². The van der Waals surface area contributed by atoms with Crippen LogP contribution < -0.4 is 4.90 Å². The second-order valence-electron chi connectivity index (χ2n) is 14.4. The largest absolute Gasteiger partial charge is 0.364 e. The number of H-pyrrole nitrogens is 3. The predicted molar refractivity (Wildman–Crippen MR) is 201 cm³/mol. The lowest BCUT2D eigenvalue weighted by atomic mass is 10.00. The third kappa shape index (κ3) is 6.01. The minimum absolute atomic E-state index is 0.0371. The first-order valence-corrected chi connectivity index (χ1v) is 18.2. The molecule has 7 aromatic rings. The van der Waals surface area contributed by atoms with Crippen LogP contribution in [-0.4, -0.2) is 58.1 Å². The molecule has 0 radical (unpaired) electrons. The number of aromatic nitrogens is 4. The SMILES string of the molecule is CN1CCN(c2c(F)c(F)c(-c3c4nc(c(-c5c(F)c(F)c(F)c(F)c5F)c5ccc([nH]5)c5ccc([nH]5)c(-c5c(F)c(F)c(F)c(F)c5F)c5ccc3[nH]5)C=C4)c(F)c2F)CC1. The van der Waals surface area contributed by atoms with E-state index in [4.69, 9.17) is 0 Å². The molecule has 0 atom stereocenters. The molecule has 318 valence electrons. The van der Waals surface area contributed by atoms with Gasteiger partial charge in [-0.2, -0.15) is 0 Å². The van der Waals surface area contributed by atoms with Gasteiger partial charge in [0.25, 0.3) is 0 Å². The lowest BCUT2D eigenvalue weighted by Crippen LogP contribution is -2.45. The fourth-order valence-electron chi connectivity index (χ4n) is 7.74. The highest BCUT2D eigenvalue weighted by Gasteiger charge is 2.34. The lowest BCUT2D eigenvalue weighted by molar-refractivity contribution is 0.309. The van der Waals surface area contributed by atoms with Crippen molar-refractivity contribution in [1.29, 1.82) is 0 Å². The van der Waals surface area contributed by atoms with Gasteiger partial charge in [-0.1, -0.05) is 0 Å². The van der Waals surface area contributed by atoms with Crippen LogP contribution in [0.3, 0.4) is 0 Å². The van der Waals surface area contributed by atoms with E-state index in [2.05, 4.69) is 19.9 Å². The van der Waals surface area contributed by atoms with Crippen molar-refractivity contribution in [1.82, 2.24) is 24.8 Å². The van der Waals surface area contributed by atoms with Crippen molar-refractivity contribution in [3.05, 3.63) is 129 Å². The first-order valence-electron chi connectivity index (χ1n) is 18.2. The smallest absolute Gasteiger partial charge is 0.200 e. The molecular formula is C42H22F14N6. The second-order valence-corrected chi connectivity index (χ2v) is 14.4. The maximum Gasteiger partial charge on any atom is 0.200 e. The maximum absolute atomic E-state index is 16.6. The number of nitrogens with zero attached hydrogens (tertiary/aromatic N) is 3. The molecule has 3 N–H and O–H groups in total. The predicted octanol–water partition coefficient (Wildman–Crippen LogP) is 11.4. The Bertz CT molecular complexity index is 3140. The maximum atomic E-state index is 16.6. The summed E-state index contributed by atoms with van der Waals surface area (Å²) in [5, 5.41) is 0. The van der Waals surface area contributed by atoms with Crippen molar-refractivity contribution < 1.29 is 61.5 Å². The Balaban J connectivity index is 1.48. The Kier molecular flexibility index (Phi) is 9.60. The highest BCUT2D eigenvalue weighted by atomic mass is 19.2. The Morgan fingerprint density at radius 1 is 0.355 bits per heavy atom. The molecule has 20 heteroatoms. The summed E-state index contributed by atoms with van der Waals surface area (Å²) in [6.45, 7) is 0.392. The van der Waals surface area contributed by atoms with Gasteiger partial charge in [0.2, 0.25) is 11.6 Å². The molecule has 2 aliphatic heterocycles. The first-order chi connectivity index (χ1) is 29.5. The van der Waals surface area contributed by atoms with Gasteiger partial charge in [0.1, 0.15) is 5.69 Å². The quantitative estimate of drug-likeness (QED) is 0.0937. The molecular weight excluding hydrogens is 854 g/mol. The highest BCUT2D eigenvalue weighted by Crippen LogP contribution is 2.43. The van der Waals surface area contributed by atoms with Crippen LogP contribution in [0.5, 0.6) is 0 Å². The summed E-state index contributed by atoms with van der Waals surface area (Å²) in [7, 11) is 1.71. The van der Waals surface area contributed by atoms with Gasteiger partial charge in [0, 0.05) is 64.9 Å². The Morgan fingerprint density at radius 3 is 1.03 bits per heavy atom. The molecule has 2 aliphatic rings. The topological polar surface area (TPSA) is 66.7 Å².